The summed E-state index contributed by atoms with van der Waals surface area (Å²) in [6, 6.07) is 0. The Morgan fingerprint density at radius 3 is 2.08 bits per heavy atom. The van der Waals surface area contributed by atoms with Crippen LogP contribution in [0.5, 0.6) is 0 Å². The summed E-state index contributed by atoms with van der Waals surface area (Å²) in [5, 5.41) is 0. The van der Waals surface area contributed by atoms with E-state index in [0.717, 1.165) is 38.5 Å². The maximum Gasteiger partial charge on any atom is 0.155 e. The van der Waals surface area contributed by atoms with E-state index in [1.807, 2.05) is 0 Å². The van der Waals surface area contributed by atoms with Gasteiger partial charge in [0.05, 0.1) is 5.54 Å². The van der Waals surface area contributed by atoms with Crippen molar-refractivity contribution in [3.8, 4) is 0 Å². The molecule has 0 aromatic carbocycles. The van der Waals surface area contributed by atoms with E-state index in [-0.39, 0.29) is 0 Å². The van der Waals surface area contributed by atoms with Gasteiger partial charge in [0, 0.05) is 5.92 Å². The van der Waals surface area contributed by atoms with Crippen molar-refractivity contribution < 1.29 is 4.79 Å². The number of carbonyl (C=O) groups is 1. The van der Waals surface area contributed by atoms with Crippen LogP contribution in [0, 0.1) is 5.92 Å². The van der Waals surface area contributed by atoms with E-state index < -0.39 is 5.54 Å². The van der Waals surface area contributed by atoms with Gasteiger partial charge in [-0.05, 0) is 25.7 Å². The van der Waals surface area contributed by atoms with Crippen LogP contribution in [0.25, 0.3) is 0 Å². The molecule has 2 aliphatic carbocycles. The Morgan fingerprint density at radius 2 is 1.62 bits per heavy atom. The molecule has 2 fully saturated rings. The number of ketones is 1. The van der Waals surface area contributed by atoms with Crippen molar-refractivity contribution in [2.75, 3.05) is 0 Å². The van der Waals surface area contributed by atoms with E-state index in [0.29, 0.717) is 11.7 Å². The van der Waals surface area contributed by atoms with Gasteiger partial charge in [-0.2, -0.15) is 0 Å². The highest BCUT2D eigenvalue weighted by atomic mass is 16.1. The lowest BCUT2D eigenvalue weighted by Crippen LogP contribution is -2.48. The van der Waals surface area contributed by atoms with E-state index in [9.17, 15) is 4.79 Å². The van der Waals surface area contributed by atoms with Crippen molar-refractivity contribution in [3.63, 3.8) is 0 Å². The number of hydrogen-bond donors (Lipinski definition) is 1. The second-order valence-electron chi connectivity index (χ2n) is 4.71. The highest BCUT2D eigenvalue weighted by Crippen LogP contribution is 2.37. The Labute approximate surface area is 79.9 Å². The van der Waals surface area contributed by atoms with Crippen molar-refractivity contribution in [1.29, 1.82) is 0 Å². The van der Waals surface area contributed by atoms with Gasteiger partial charge in [-0.25, -0.2) is 0 Å². The Balaban J connectivity index is 2.02. The highest BCUT2D eigenvalue weighted by Gasteiger charge is 2.42. The summed E-state index contributed by atoms with van der Waals surface area (Å²) in [7, 11) is 0. The van der Waals surface area contributed by atoms with Gasteiger partial charge < -0.3 is 5.73 Å². The van der Waals surface area contributed by atoms with E-state index in [2.05, 4.69) is 0 Å². The molecule has 0 spiro atoms. The van der Waals surface area contributed by atoms with Crippen LogP contribution < -0.4 is 5.73 Å². The van der Waals surface area contributed by atoms with Gasteiger partial charge in [0.2, 0.25) is 0 Å². The second-order valence-corrected chi connectivity index (χ2v) is 4.71. The fraction of sp³-hybridized carbons (Fsp3) is 0.909. The molecule has 2 N–H and O–H groups in total. The summed E-state index contributed by atoms with van der Waals surface area (Å²) < 4.78 is 0. The van der Waals surface area contributed by atoms with E-state index in [4.69, 9.17) is 5.73 Å². The molecule has 0 saturated heterocycles. The largest absolute Gasteiger partial charge is 0.319 e. The number of hydrogen-bond acceptors (Lipinski definition) is 2. The third-order valence-electron chi connectivity index (χ3n) is 3.43. The van der Waals surface area contributed by atoms with Gasteiger partial charge in [0.25, 0.3) is 0 Å². The van der Waals surface area contributed by atoms with Gasteiger partial charge in [0.1, 0.15) is 0 Å². The first-order valence-corrected chi connectivity index (χ1v) is 5.56. The molecular weight excluding hydrogens is 162 g/mol. The van der Waals surface area contributed by atoms with Crippen LogP contribution in [0.15, 0.2) is 0 Å². The molecule has 2 nitrogen and oxygen atoms in total. The number of rotatable bonds is 2. The third-order valence-corrected chi connectivity index (χ3v) is 3.43. The summed E-state index contributed by atoms with van der Waals surface area (Å²) in [5.41, 5.74) is 5.76. The average molecular weight is 181 g/mol. The molecule has 0 atom stereocenters. The minimum Gasteiger partial charge on any atom is -0.319 e. The van der Waals surface area contributed by atoms with Crippen LogP contribution in [-0.4, -0.2) is 11.3 Å². The molecule has 0 bridgehead atoms. The van der Waals surface area contributed by atoms with Crippen molar-refractivity contribution in [2.24, 2.45) is 11.7 Å². The monoisotopic (exact) mass is 181 g/mol. The van der Waals surface area contributed by atoms with Crippen LogP contribution in [0.2, 0.25) is 0 Å². The Morgan fingerprint density at radius 1 is 1.08 bits per heavy atom. The standard InChI is InChI=1S/C11H19NO/c12-11(10(13)9-5-6-9)7-3-1-2-4-8-11/h9H,1-8,12H2. The average Bonchev–Trinajstić information content (AvgIpc) is 2.89. The molecule has 0 radical (unpaired) electrons. The maximum atomic E-state index is 11.9. The molecule has 74 valence electrons. The first-order chi connectivity index (χ1) is 6.22. The van der Waals surface area contributed by atoms with Gasteiger partial charge >= 0.3 is 0 Å². The summed E-state index contributed by atoms with van der Waals surface area (Å²) in [5.74, 6) is 0.706. The zero-order valence-electron chi connectivity index (χ0n) is 8.22. The molecule has 0 unspecified atom stereocenters. The Bertz CT molecular complexity index is 200. The van der Waals surface area contributed by atoms with Crippen molar-refractivity contribution in [3.05, 3.63) is 0 Å². The van der Waals surface area contributed by atoms with Gasteiger partial charge in [-0.1, -0.05) is 25.7 Å². The minimum absolute atomic E-state index is 0.336. The van der Waals surface area contributed by atoms with Gasteiger partial charge in [0.15, 0.2) is 5.78 Å². The summed E-state index contributed by atoms with van der Waals surface area (Å²) in [4.78, 5) is 11.9. The molecule has 2 heteroatoms. The Kier molecular flexibility index (Phi) is 2.41. The fourth-order valence-electron chi connectivity index (χ4n) is 2.36. The van der Waals surface area contributed by atoms with Gasteiger partial charge in [-0.15, -0.1) is 0 Å². The van der Waals surface area contributed by atoms with E-state index in [1.165, 1.54) is 12.8 Å². The fourth-order valence-corrected chi connectivity index (χ4v) is 2.36. The normalized spacial score (nSPS) is 28.1. The number of carbonyl (C=O) groups excluding carboxylic acids is 1. The smallest absolute Gasteiger partial charge is 0.155 e. The lowest BCUT2D eigenvalue weighted by atomic mass is 9.85. The number of nitrogens with two attached hydrogens (primary N) is 1. The summed E-state index contributed by atoms with van der Waals surface area (Å²) >= 11 is 0. The van der Waals surface area contributed by atoms with Crippen LogP contribution >= 0.6 is 0 Å². The van der Waals surface area contributed by atoms with Gasteiger partial charge in [-0.3, -0.25) is 4.79 Å². The zero-order valence-corrected chi connectivity index (χ0v) is 8.22. The lowest BCUT2D eigenvalue weighted by Gasteiger charge is -2.26. The molecule has 0 aromatic heterocycles. The number of Topliss-reactive ketones (excluding diaryl/α,β-unsaturated/α-hetero) is 1. The molecule has 13 heavy (non-hydrogen) atoms. The molecule has 0 amide bonds. The van der Waals surface area contributed by atoms with Crippen molar-refractivity contribution >= 4 is 5.78 Å². The molecule has 0 aliphatic heterocycles. The van der Waals surface area contributed by atoms with Crippen molar-refractivity contribution in [2.45, 2.75) is 56.9 Å². The quantitative estimate of drug-likeness (QED) is 0.662. The maximum absolute atomic E-state index is 11.9. The first-order valence-electron chi connectivity index (χ1n) is 5.56. The molecule has 0 heterocycles. The van der Waals surface area contributed by atoms with Crippen LogP contribution in [0.3, 0.4) is 0 Å². The second kappa shape index (κ2) is 3.41. The predicted molar refractivity (Wildman–Crippen MR) is 52.4 cm³/mol. The topological polar surface area (TPSA) is 43.1 Å². The van der Waals surface area contributed by atoms with E-state index in [1.54, 1.807) is 0 Å². The van der Waals surface area contributed by atoms with Crippen LogP contribution in [-0.2, 0) is 4.79 Å². The minimum atomic E-state index is -0.433. The van der Waals surface area contributed by atoms with Crippen molar-refractivity contribution in [1.82, 2.24) is 0 Å². The molecule has 0 aromatic rings. The van der Waals surface area contributed by atoms with Crippen LogP contribution in [0.1, 0.15) is 51.4 Å². The highest BCUT2D eigenvalue weighted by molar-refractivity contribution is 5.91. The van der Waals surface area contributed by atoms with Crippen LogP contribution in [0.4, 0.5) is 0 Å². The summed E-state index contributed by atoms with van der Waals surface area (Å²) in [6.07, 6.45) is 8.87. The first kappa shape index (κ1) is 9.20. The summed E-state index contributed by atoms with van der Waals surface area (Å²) in [6.45, 7) is 0. The SMILES string of the molecule is NC1(C(=O)C2CC2)CCCCCC1. The Hall–Kier alpha value is -0.370. The predicted octanol–water partition coefficient (Wildman–Crippen LogP) is 2.02. The molecule has 2 aliphatic rings. The molecular formula is C11H19NO. The molecule has 2 saturated carbocycles. The molecule has 2 rings (SSSR count). The zero-order chi connectivity index (χ0) is 9.31. The lowest BCUT2D eigenvalue weighted by molar-refractivity contribution is -0.125. The van der Waals surface area contributed by atoms with E-state index >= 15 is 0 Å². The third kappa shape index (κ3) is 1.93.